The summed E-state index contributed by atoms with van der Waals surface area (Å²) in [5.41, 5.74) is 1.73. The van der Waals surface area contributed by atoms with E-state index in [-0.39, 0.29) is 12.2 Å². The van der Waals surface area contributed by atoms with E-state index in [1.54, 1.807) is 25.3 Å². The van der Waals surface area contributed by atoms with Crippen LogP contribution >= 0.6 is 0 Å². The van der Waals surface area contributed by atoms with Gasteiger partial charge in [0.25, 0.3) is 0 Å². The van der Waals surface area contributed by atoms with Gasteiger partial charge in [-0.05, 0) is 30.7 Å². The molecule has 0 saturated heterocycles. The SMILES string of the molecule is COc1ccc(C=CC(=O)Cc2cc(C)no2)cc1. The molecule has 0 spiro atoms. The summed E-state index contributed by atoms with van der Waals surface area (Å²) in [6.45, 7) is 1.82. The molecule has 4 heteroatoms. The molecule has 2 aromatic rings. The van der Waals surface area contributed by atoms with Crippen molar-refractivity contribution in [2.75, 3.05) is 7.11 Å². The topological polar surface area (TPSA) is 52.3 Å². The summed E-state index contributed by atoms with van der Waals surface area (Å²) in [6, 6.07) is 9.25. The van der Waals surface area contributed by atoms with Gasteiger partial charge in [-0.15, -0.1) is 0 Å². The molecule has 0 aliphatic carbocycles. The van der Waals surface area contributed by atoms with Crippen LogP contribution in [0.15, 0.2) is 40.9 Å². The number of aromatic nitrogens is 1. The molecule has 98 valence electrons. The second kappa shape index (κ2) is 6.00. The van der Waals surface area contributed by atoms with Crippen molar-refractivity contribution in [1.82, 2.24) is 5.16 Å². The fraction of sp³-hybridized carbons (Fsp3) is 0.200. The molecular formula is C15H15NO3. The van der Waals surface area contributed by atoms with E-state index in [9.17, 15) is 4.79 Å². The van der Waals surface area contributed by atoms with E-state index in [0.717, 1.165) is 17.0 Å². The van der Waals surface area contributed by atoms with Crippen LogP contribution < -0.4 is 4.74 Å². The number of hydrogen-bond acceptors (Lipinski definition) is 4. The first kappa shape index (κ1) is 13.1. The molecule has 19 heavy (non-hydrogen) atoms. The Morgan fingerprint density at radius 3 is 2.68 bits per heavy atom. The lowest BCUT2D eigenvalue weighted by Crippen LogP contribution is -1.96. The summed E-state index contributed by atoms with van der Waals surface area (Å²) in [4.78, 5) is 11.7. The van der Waals surface area contributed by atoms with E-state index in [1.165, 1.54) is 0 Å². The summed E-state index contributed by atoms with van der Waals surface area (Å²) in [5, 5.41) is 3.74. The first-order valence-corrected chi connectivity index (χ1v) is 5.94. The van der Waals surface area contributed by atoms with Crippen molar-refractivity contribution in [3.05, 3.63) is 53.4 Å². The smallest absolute Gasteiger partial charge is 0.163 e. The number of rotatable bonds is 5. The molecule has 0 unspecified atom stereocenters. The zero-order valence-corrected chi connectivity index (χ0v) is 10.9. The van der Waals surface area contributed by atoms with Gasteiger partial charge >= 0.3 is 0 Å². The highest BCUT2D eigenvalue weighted by Gasteiger charge is 2.05. The molecule has 2 rings (SSSR count). The van der Waals surface area contributed by atoms with Crippen molar-refractivity contribution in [2.45, 2.75) is 13.3 Å². The molecule has 0 atom stereocenters. The van der Waals surface area contributed by atoms with E-state index in [2.05, 4.69) is 5.16 Å². The third-order valence-corrected chi connectivity index (χ3v) is 2.60. The van der Waals surface area contributed by atoms with Crippen LogP contribution in [0, 0.1) is 6.92 Å². The van der Waals surface area contributed by atoms with Gasteiger partial charge in [-0.3, -0.25) is 4.79 Å². The molecule has 0 bridgehead atoms. The number of aryl methyl sites for hydroxylation is 1. The minimum atomic E-state index is -0.0213. The van der Waals surface area contributed by atoms with Gasteiger partial charge in [-0.2, -0.15) is 0 Å². The van der Waals surface area contributed by atoms with Crippen molar-refractivity contribution in [3.63, 3.8) is 0 Å². The van der Waals surface area contributed by atoms with Crippen LogP contribution in [0.2, 0.25) is 0 Å². The van der Waals surface area contributed by atoms with E-state index >= 15 is 0 Å². The number of ether oxygens (including phenoxy) is 1. The number of nitrogens with zero attached hydrogens (tertiary/aromatic N) is 1. The molecule has 1 heterocycles. The van der Waals surface area contributed by atoms with Crippen LogP contribution in [0.1, 0.15) is 17.0 Å². The van der Waals surface area contributed by atoms with Crippen molar-refractivity contribution >= 4 is 11.9 Å². The Labute approximate surface area is 111 Å². The standard InChI is InChI=1S/C15H15NO3/c1-11-9-15(19-16-11)10-13(17)6-3-12-4-7-14(18-2)8-5-12/h3-9H,10H2,1-2H3. The Kier molecular flexibility index (Phi) is 4.13. The van der Waals surface area contributed by atoms with E-state index in [1.807, 2.05) is 31.2 Å². The number of allylic oxidation sites excluding steroid dienone is 1. The molecule has 4 nitrogen and oxygen atoms in total. The number of hydrogen-bond donors (Lipinski definition) is 0. The van der Waals surface area contributed by atoms with Crippen molar-refractivity contribution in [1.29, 1.82) is 0 Å². The van der Waals surface area contributed by atoms with Crippen LogP contribution in [0.3, 0.4) is 0 Å². The lowest BCUT2D eigenvalue weighted by Gasteiger charge is -1.98. The quantitative estimate of drug-likeness (QED) is 0.773. The van der Waals surface area contributed by atoms with Gasteiger partial charge < -0.3 is 9.26 Å². The Bertz CT molecular complexity index is 582. The summed E-state index contributed by atoms with van der Waals surface area (Å²) in [5.74, 6) is 1.36. The predicted molar refractivity (Wildman–Crippen MR) is 72.0 cm³/mol. The normalized spacial score (nSPS) is 10.8. The first-order valence-electron chi connectivity index (χ1n) is 5.94. The fourth-order valence-corrected chi connectivity index (χ4v) is 1.63. The van der Waals surface area contributed by atoms with Crippen molar-refractivity contribution in [2.24, 2.45) is 0 Å². The van der Waals surface area contributed by atoms with Gasteiger partial charge in [0.1, 0.15) is 11.5 Å². The van der Waals surface area contributed by atoms with Crippen molar-refractivity contribution in [3.8, 4) is 5.75 Å². The maximum Gasteiger partial charge on any atom is 0.163 e. The highest BCUT2D eigenvalue weighted by molar-refractivity contribution is 5.94. The molecule has 0 saturated carbocycles. The van der Waals surface area contributed by atoms with Gasteiger partial charge in [0, 0.05) is 6.07 Å². The Balaban J connectivity index is 1.95. The Morgan fingerprint density at radius 1 is 1.37 bits per heavy atom. The molecule has 0 amide bonds. The second-order valence-corrected chi connectivity index (χ2v) is 4.18. The van der Waals surface area contributed by atoms with Gasteiger partial charge in [0.15, 0.2) is 5.78 Å². The molecular weight excluding hydrogens is 242 g/mol. The van der Waals surface area contributed by atoms with Crippen LogP contribution in [0.5, 0.6) is 5.75 Å². The number of benzene rings is 1. The second-order valence-electron chi connectivity index (χ2n) is 4.18. The van der Waals surface area contributed by atoms with Gasteiger partial charge in [-0.25, -0.2) is 0 Å². The minimum absolute atomic E-state index is 0.0213. The highest BCUT2D eigenvalue weighted by atomic mass is 16.5. The summed E-state index contributed by atoms with van der Waals surface area (Å²) in [6.07, 6.45) is 3.54. The zero-order valence-electron chi connectivity index (χ0n) is 10.9. The average molecular weight is 257 g/mol. The number of carbonyl (C=O) groups is 1. The van der Waals surface area contributed by atoms with E-state index in [0.29, 0.717) is 5.76 Å². The predicted octanol–water partition coefficient (Wildman–Crippen LogP) is 2.82. The van der Waals surface area contributed by atoms with E-state index in [4.69, 9.17) is 9.26 Å². The zero-order chi connectivity index (χ0) is 13.7. The number of methoxy groups -OCH3 is 1. The molecule has 1 aromatic carbocycles. The largest absolute Gasteiger partial charge is 0.497 e. The monoisotopic (exact) mass is 257 g/mol. The third kappa shape index (κ3) is 3.81. The lowest BCUT2D eigenvalue weighted by molar-refractivity contribution is -0.114. The average Bonchev–Trinajstić information content (AvgIpc) is 2.82. The summed E-state index contributed by atoms with van der Waals surface area (Å²) in [7, 11) is 1.62. The summed E-state index contributed by atoms with van der Waals surface area (Å²) >= 11 is 0. The van der Waals surface area contributed by atoms with Crippen LogP contribution in [-0.2, 0) is 11.2 Å². The Morgan fingerprint density at radius 2 is 2.11 bits per heavy atom. The lowest BCUT2D eigenvalue weighted by atomic mass is 10.1. The van der Waals surface area contributed by atoms with Crippen LogP contribution in [0.25, 0.3) is 6.08 Å². The Hall–Kier alpha value is -2.36. The molecule has 0 aliphatic rings. The minimum Gasteiger partial charge on any atom is -0.497 e. The maximum absolute atomic E-state index is 11.7. The van der Waals surface area contributed by atoms with Gasteiger partial charge in [0.2, 0.25) is 0 Å². The number of ketones is 1. The molecule has 0 radical (unpaired) electrons. The van der Waals surface area contributed by atoms with E-state index < -0.39 is 0 Å². The maximum atomic E-state index is 11.7. The molecule has 0 fully saturated rings. The van der Waals surface area contributed by atoms with Gasteiger partial charge in [0.05, 0.1) is 19.2 Å². The molecule has 0 N–H and O–H groups in total. The molecule has 1 aromatic heterocycles. The van der Waals surface area contributed by atoms with Crippen molar-refractivity contribution < 1.29 is 14.1 Å². The molecule has 0 aliphatic heterocycles. The first-order chi connectivity index (χ1) is 9.17. The fourth-order valence-electron chi connectivity index (χ4n) is 1.63. The highest BCUT2D eigenvalue weighted by Crippen LogP contribution is 2.12. The van der Waals surface area contributed by atoms with Crippen LogP contribution in [-0.4, -0.2) is 18.0 Å². The van der Waals surface area contributed by atoms with Crippen LogP contribution in [0.4, 0.5) is 0 Å². The number of carbonyl (C=O) groups excluding carboxylic acids is 1. The summed E-state index contributed by atoms with van der Waals surface area (Å²) < 4.78 is 10.1. The van der Waals surface area contributed by atoms with Gasteiger partial charge in [-0.1, -0.05) is 23.4 Å². The third-order valence-electron chi connectivity index (χ3n) is 2.60.